The van der Waals surface area contributed by atoms with Crippen LogP contribution in [0.3, 0.4) is 0 Å². The molecule has 1 aromatic heterocycles. The number of nitrogens with zero attached hydrogens (tertiary/aromatic N) is 4. The largest absolute Gasteiger partial charge is 0.493 e. The first-order valence-electron chi connectivity index (χ1n) is 12.0. The molecule has 8 heteroatoms. The average Bonchev–Trinajstić information content (AvgIpc) is 2.84. The summed E-state index contributed by atoms with van der Waals surface area (Å²) in [5.74, 6) is 0.00302. The molecule has 0 radical (unpaired) electrons. The van der Waals surface area contributed by atoms with Crippen LogP contribution in [0.2, 0.25) is 0 Å². The van der Waals surface area contributed by atoms with Gasteiger partial charge in [0, 0.05) is 24.2 Å². The Hall–Kier alpha value is -3.47. The van der Waals surface area contributed by atoms with Crippen molar-refractivity contribution in [3.63, 3.8) is 0 Å². The maximum atomic E-state index is 12.9. The molecule has 0 fully saturated rings. The van der Waals surface area contributed by atoms with Gasteiger partial charge >= 0.3 is 0 Å². The van der Waals surface area contributed by atoms with Gasteiger partial charge in [0.1, 0.15) is 11.6 Å². The zero-order chi connectivity index (χ0) is 25.1. The fourth-order valence-corrected chi connectivity index (χ4v) is 3.65. The van der Waals surface area contributed by atoms with E-state index < -0.39 is 5.56 Å². The van der Waals surface area contributed by atoms with E-state index in [1.807, 2.05) is 13.0 Å². The van der Waals surface area contributed by atoms with Crippen molar-refractivity contribution < 1.29 is 9.90 Å². The molecule has 0 saturated heterocycles. The van der Waals surface area contributed by atoms with Gasteiger partial charge in [-0.1, -0.05) is 46.5 Å². The minimum atomic E-state index is -0.490. The Morgan fingerprint density at radius 3 is 2.41 bits per heavy atom. The van der Waals surface area contributed by atoms with E-state index >= 15 is 0 Å². The standard InChI is InChI=1S/C26H35N5O3/c1-5-8-10-19(7-3)17-28-24(32)20-11-13-21(14-12-20)29-30-23-18(4)22(16-27)25(33)31(26(23)34)15-9-6-2/h11-14,19,33H,5-10,15,17H2,1-4H3,(H,28,32). The van der Waals surface area contributed by atoms with E-state index in [9.17, 15) is 20.0 Å². The van der Waals surface area contributed by atoms with E-state index in [-0.39, 0.29) is 28.6 Å². The summed E-state index contributed by atoms with van der Waals surface area (Å²) in [5, 5.41) is 31.0. The lowest BCUT2D eigenvalue weighted by Gasteiger charge is -2.15. The molecule has 2 aromatic rings. The van der Waals surface area contributed by atoms with Crippen molar-refractivity contribution in [2.24, 2.45) is 16.1 Å². The summed E-state index contributed by atoms with van der Waals surface area (Å²) in [6, 6.07) is 8.59. The molecular weight excluding hydrogens is 430 g/mol. The smallest absolute Gasteiger partial charge is 0.281 e. The highest BCUT2D eigenvalue weighted by molar-refractivity contribution is 5.94. The molecule has 1 unspecified atom stereocenters. The zero-order valence-electron chi connectivity index (χ0n) is 20.6. The number of azo groups is 1. The van der Waals surface area contributed by atoms with Gasteiger partial charge in [-0.3, -0.25) is 14.2 Å². The van der Waals surface area contributed by atoms with Gasteiger partial charge in [0.2, 0.25) is 5.88 Å². The lowest BCUT2D eigenvalue weighted by molar-refractivity contribution is 0.0946. The van der Waals surface area contributed by atoms with Gasteiger partial charge in [0.15, 0.2) is 5.69 Å². The van der Waals surface area contributed by atoms with Crippen LogP contribution in [0.15, 0.2) is 39.3 Å². The maximum Gasteiger partial charge on any atom is 0.281 e. The van der Waals surface area contributed by atoms with Gasteiger partial charge in [-0.05, 0) is 49.9 Å². The molecule has 0 aliphatic carbocycles. The Labute approximate surface area is 201 Å². The third-order valence-corrected chi connectivity index (χ3v) is 5.99. The van der Waals surface area contributed by atoms with Crippen LogP contribution in [0.5, 0.6) is 5.88 Å². The number of benzene rings is 1. The summed E-state index contributed by atoms with van der Waals surface area (Å²) in [7, 11) is 0. The van der Waals surface area contributed by atoms with Crippen LogP contribution < -0.4 is 10.9 Å². The molecule has 2 N–H and O–H groups in total. The Balaban J connectivity index is 2.18. The van der Waals surface area contributed by atoms with E-state index in [1.165, 1.54) is 4.57 Å². The van der Waals surface area contributed by atoms with Crippen LogP contribution in [0.1, 0.15) is 80.8 Å². The molecule has 1 heterocycles. The number of nitrogens with one attached hydrogen (secondary N) is 1. The molecule has 1 amide bonds. The van der Waals surface area contributed by atoms with Gasteiger partial charge in [0.05, 0.1) is 5.69 Å². The number of amides is 1. The predicted molar refractivity (Wildman–Crippen MR) is 133 cm³/mol. The van der Waals surface area contributed by atoms with E-state index in [0.29, 0.717) is 36.7 Å². The van der Waals surface area contributed by atoms with Crippen LogP contribution in [-0.2, 0) is 6.54 Å². The number of nitriles is 1. The minimum Gasteiger partial charge on any atom is -0.493 e. The lowest BCUT2D eigenvalue weighted by Crippen LogP contribution is -2.29. The molecular formula is C26H35N5O3. The average molecular weight is 466 g/mol. The number of unbranched alkanes of at least 4 members (excludes halogenated alkanes) is 2. The van der Waals surface area contributed by atoms with Crippen molar-refractivity contribution in [3.8, 4) is 11.9 Å². The predicted octanol–water partition coefficient (Wildman–Crippen LogP) is 5.90. The minimum absolute atomic E-state index is 0.0148. The van der Waals surface area contributed by atoms with Crippen molar-refractivity contribution in [1.29, 1.82) is 5.26 Å². The lowest BCUT2D eigenvalue weighted by atomic mass is 9.99. The van der Waals surface area contributed by atoms with Gasteiger partial charge in [0.25, 0.3) is 11.5 Å². The molecule has 182 valence electrons. The van der Waals surface area contributed by atoms with E-state index in [0.717, 1.165) is 32.1 Å². The highest BCUT2D eigenvalue weighted by atomic mass is 16.3. The van der Waals surface area contributed by atoms with Crippen molar-refractivity contribution in [2.45, 2.75) is 72.8 Å². The Morgan fingerprint density at radius 2 is 1.82 bits per heavy atom. The van der Waals surface area contributed by atoms with E-state index in [4.69, 9.17) is 0 Å². The monoisotopic (exact) mass is 465 g/mol. The normalized spacial score (nSPS) is 12.0. The molecule has 2 rings (SSSR count). The van der Waals surface area contributed by atoms with Gasteiger partial charge < -0.3 is 10.4 Å². The SMILES string of the molecule is CCCCC(CC)CNC(=O)c1ccc(N=Nc2c(C)c(C#N)c(O)n(CCCC)c2=O)cc1. The molecule has 0 aliphatic heterocycles. The summed E-state index contributed by atoms with van der Waals surface area (Å²) >= 11 is 0. The third-order valence-electron chi connectivity index (χ3n) is 5.99. The first kappa shape index (κ1) is 26.8. The summed E-state index contributed by atoms with van der Waals surface area (Å²) in [6.45, 7) is 8.79. The van der Waals surface area contributed by atoms with Gasteiger partial charge in [-0.15, -0.1) is 5.11 Å². The number of hydrogen-bond acceptors (Lipinski definition) is 6. The molecule has 0 spiro atoms. The summed E-state index contributed by atoms with van der Waals surface area (Å²) in [6.07, 6.45) is 5.96. The Morgan fingerprint density at radius 1 is 1.15 bits per heavy atom. The van der Waals surface area contributed by atoms with Crippen molar-refractivity contribution in [2.75, 3.05) is 6.54 Å². The van der Waals surface area contributed by atoms with Crippen molar-refractivity contribution in [1.82, 2.24) is 9.88 Å². The Kier molecular flexibility index (Phi) is 10.5. The maximum absolute atomic E-state index is 12.9. The summed E-state index contributed by atoms with van der Waals surface area (Å²) in [5.41, 5.74) is 0.822. The number of aromatic nitrogens is 1. The zero-order valence-corrected chi connectivity index (χ0v) is 20.6. The number of carbonyl (C=O) groups excluding carboxylic acids is 1. The summed E-state index contributed by atoms with van der Waals surface area (Å²) in [4.78, 5) is 25.3. The molecule has 34 heavy (non-hydrogen) atoms. The number of carbonyl (C=O) groups is 1. The first-order valence-corrected chi connectivity index (χ1v) is 12.0. The quantitative estimate of drug-likeness (QED) is 0.379. The van der Waals surface area contributed by atoms with Crippen LogP contribution in [0.25, 0.3) is 0 Å². The van der Waals surface area contributed by atoms with Crippen molar-refractivity contribution in [3.05, 3.63) is 51.3 Å². The molecule has 1 atom stereocenters. The van der Waals surface area contributed by atoms with E-state index in [2.05, 4.69) is 29.4 Å². The summed E-state index contributed by atoms with van der Waals surface area (Å²) < 4.78 is 1.17. The van der Waals surface area contributed by atoms with E-state index in [1.54, 1.807) is 31.2 Å². The van der Waals surface area contributed by atoms with Crippen LogP contribution in [0.4, 0.5) is 11.4 Å². The number of aromatic hydroxyl groups is 1. The molecule has 0 bridgehead atoms. The fraction of sp³-hybridized carbons (Fsp3) is 0.500. The molecule has 0 saturated carbocycles. The Bertz CT molecular complexity index is 1100. The molecule has 1 aromatic carbocycles. The third kappa shape index (κ3) is 6.77. The van der Waals surface area contributed by atoms with Crippen LogP contribution >= 0.6 is 0 Å². The van der Waals surface area contributed by atoms with Gasteiger partial charge in [-0.2, -0.15) is 10.4 Å². The second-order valence-electron chi connectivity index (χ2n) is 8.47. The second-order valence-corrected chi connectivity index (χ2v) is 8.47. The van der Waals surface area contributed by atoms with Gasteiger partial charge in [-0.25, -0.2) is 0 Å². The van der Waals surface area contributed by atoms with Crippen molar-refractivity contribution >= 4 is 17.3 Å². The fourth-order valence-electron chi connectivity index (χ4n) is 3.65. The van der Waals surface area contributed by atoms with Crippen LogP contribution in [-0.4, -0.2) is 22.1 Å². The van der Waals surface area contributed by atoms with Crippen LogP contribution in [0, 0.1) is 24.2 Å². The number of hydrogen-bond donors (Lipinski definition) is 2. The second kappa shape index (κ2) is 13.3. The highest BCUT2D eigenvalue weighted by Crippen LogP contribution is 2.27. The number of rotatable bonds is 12. The topological polar surface area (TPSA) is 120 Å². The highest BCUT2D eigenvalue weighted by Gasteiger charge is 2.19. The number of pyridine rings is 1. The first-order chi connectivity index (χ1) is 16.4. The molecule has 0 aliphatic rings. The molecule has 8 nitrogen and oxygen atoms in total.